The van der Waals surface area contributed by atoms with Gasteiger partial charge in [0.25, 0.3) is 5.91 Å². The quantitative estimate of drug-likeness (QED) is 0.550. The molecule has 9 heteroatoms. The van der Waals surface area contributed by atoms with E-state index < -0.39 is 18.4 Å². The van der Waals surface area contributed by atoms with Crippen molar-refractivity contribution < 1.29 is 19.8 Å². The molecule has 23 heavy (non-hydrogen) atoms. The molecule has 116 valence electrons. The summed E-state index contributed by atoms with van der Waals surface area (Å²) >= 11 is 0. The van der Waals surface area contributed by atoms with Gasteiger partial charge in [-0.1, -0.05) is 0 Å². The van der Waals surface area contributed by atoms with E-state index in [4.69, 9.17) is 5.11 Å². The first-order valence-electron chi connectivity index (χ1n) is 6.54. The number of H-pyrrole nitrogens is 1. The molecule has 0 aliphatic heterocycles. The fraction of sp³-hybridized carbons (Fsp3) is 0.0714. The Balaban J connectivity index is 2.06. The van der Waals surface area contributed by atoms with Gasteiger partial charge in [0, 0.05) is 11.8 Å². The number of fused-ring (bicyclic) bond motifs is 1. The summed E-state index contributed by atoms with van der Waals surface area (Å²) in [7, 11) is 0. The van der Waals surface area contributed by atoms with E-state index in [9.17, 15) is 14.7 Å². The van der Waals surface area contributed by atoms with Gasteiger partial charge in [0.05, 0.1) is 23.6 Å². The highest BCUT2D eigenvalue weighted by atomic mass is 16.4. The van der Waals surface area contributed by atoms with Crippen molar-refractivity contribution in [2.24, 2.45) is 0 Å². The number of rotatable bonds is 4. The zero-order chi connectivity index (χ0) is 16.4. The zero-order valence-corrected chi connectivity index (χ0v) is 11.6. The van der Waals surface area contributed by atoms with Crippen LogP contribution in [0.25, 0.3) is 22.3 Å². The van der Waals surface area contributed by atoms with Gasteiger partial charge in [-0.2, -0.15) is 5.10 Å². The summed E-state index contributed by atoms with van der Waals surface area (Å²) in [6.45, 7) is -0.560. The molecule has 0 aliphatic rings. The lowest BCUT2D eigenvalue weighted by Gasteiger charge is -2.08. The molecule has 0 saturated heterocycles. The van der Waals surface area contributed by atoms with Crippen molar-refractivity contribution in [3.8, 4) is 17.0 Å². The van der Waals surface area contributed by atoms with Crippen LogP contribution in [0.5, 0.6) is 5.75 Å². The Kier molecular flexibility index (Phi) is 3.59. The second kappa shape index (κ2) is 5.72. The van der Waals surface area contributed by atoms with Gasteiger partial charge in [0.15, 0.2) is 0 Å². The number of nitrogens with zero attached hydrogens (tertiary/aromatic N) is 3. The van der Waals surface area contributed by atoms with Gasteiger partial charge in [-0.3, -0.25) is 19.7 Å². The van der Waals surface area contributed by atoms with Gasteiger partial charge in [0.1, 0.15) is 23.4 Å². The lowest BCUT2D eigenvalue weighted by Crippen LogP contribution is -2.29. The number of hydrogen-bond acceptors (Lipinski definition) is 6. The normalized spacial score (nSPS) is 10.6. The fourth-order valence-corrected chi connectivity index (χ4v) is 2.07. The Labute approximate surface area is 129 Å². The number of aliphatic carboxylic acids is 1. The predicted octanol–water partition coefficient (Wildman–Crippen LogP) is 0.540. The minimum Gasteiger partial charge on any atom is -0.507 e. The van der Waals surface area contributed by atoms with E-state index in [0.29, 0.717) is 11.2 Å². The van der Waals surface area contributed by atoms with Gasteiger partial charge in [-0.05, 0) is 12.1 Å². The number of benzene rings is 1. The first kappa shape index (κ1) is 14.4. The van der Waals surface area contributed by atoms with Crippen molar-refractivity contribution in [1.29, 1.82) is 0 Å². The summed E-state index contributed by atoms with van der Waals surface area (Å²) in [6, 6.07) is 2.83. The van der Waals surface area contributed by atoms with E-state index in [0.717, 1.165) is 5.56 Å². The molecule has 1 amide bonds. The molecule has 0 bridgehead atoms. The maximum Gasteiger partial charge on any atom is 0.322 e. The topological polar surface area (TPSA) is 141 Å². The number of carboxylic acids is 1. The number of hydrogen-bond donors (Lipinski definition) is 4. The number of phenolic OH excluding ortho intramolecular Hbond substituents is 1. The Morgan fingerprint density at radius 2 is 2.09 bits per heavy atom. The van der Waals surface area contributed by atoms with E-state index in [2.05, 4.69) is 25.5 Å². The summed E-state index contributed by atoms with van der Waals surface area (Å²) in [5.41, 5.74) is 1.73. The molecule has 1 aromatic carbocycles. The maximum atomic E-state index is 12.1. The van der Waals surface area contributed by atoms with Crippen molar-refractivity contribution >= 4 is 22.9 Å². The molecule has 0 aliphatic carbocycles. The van der Waals surface area contributed by atoms with Gasteiger partial charge in [-0.15, -0.1) is 0 Å². The molecule has 9 nitrogen and oxygen atoms in total. The van der Waals surface area contributed by atoms with E-state index in [1.165, 1.54) is 18.3 Å². The molecule has 3 aromatic rings. The van der Waals surface area contributed by atoms with Crippen LogP contribution in [-0.2, 0) is 4.79 Å². The van der Waals surface area contributed by atoms with E-state index >= 15 is 0 Å². The first-order valence-corrected chi connectivity index (χ1v) is 6.54. The smallest absolute Gasteiger partial charge is 0.322 e. The Hall–Kier alpha value is -3.49. The molecule has 0 saturated carbocycles. The molecule has 0 fully saturated rings. The Morgan fingerprint density at radius 1 is 1.26 bits per heavy atom. The molecule has 0 spiro atoms. The minimum absolute atomic E-state index is 0.116. The van der Waals surface area contributed by atoms with E-state index in [-0.39, 0.29) is 16.8 Å². The number of carboxylic acid groups (broad SMARTS) is 1. The third-order valence-electron chi connectivity index (χ3n) is 3.11. The monoisotopic (exact) mass is 313 g/mol. The average Bonchev–Trinajstić information content (AvgIpc) is 3.06. The second-order valence-corrected chi connectivity index (χ2v) is 4.65. The van der Waals surface area contributed by atoms with Crippen LogP contribution in [0.1, 0.15) is 10.4 Å². The third kappa shape index (κ3) is 2.79. The first-order chi connectivity index (χ1) is 11.1. The van der Waals surface area contributed by atoms with Crippen molar-refractivity contribution in [3.05, 3.63) is 36.3 Å². The van der Waals surface area contributed by atoms with Crippen LogP contribution >= 0.6 is 0 Å². The molecule has 3 rings (SSSR count). The molecule has 0 unspecified atom stereocenters. The minimum atomic E-state index is -1.19. The number of nitrogens with one attached hydrogen (secondary N) is 2. The van der Waals surface area contributed by atoms with Gasteiger partial charge < -0.3 is 15.5 Å². The van der Waals surface area contributed by atoms with Gasteiger partial charge in [-0.25, -0.2) is 4.98 Å². The number of aromatic nitrogens is 4. The molecular formula is C14H11N5O4. The van der Waals surface area contributed by atoms with Gasteiger partial charge in [0.2, 0.25) is 0 Å². The number of carbonyl (C=O) groups is 2. The van der Waals surface area contributed by atoms with Crippen LogP contribution in [0.2, 0.25) is 0 Å². The van der Waals surface area contributed by atoms with Gasteiger partial charge >= 0.3 is 5.97 Å². The number of phenols is 1. The summed E-state index contributed by atoms with van der Waals surface area (Å²) in [6.07, 6.45) is 4.67. The lowest BCUT2D eigenvalue weighted by molar-refractivity contribution is -0.135. The van der Waals surface area contributed by atoms with Crippen molar-refractivity contribution in [3.63, 3.8) is 0 Å². The molecule has 2 heterocycles. The highest BCUT2D eigenvalue weighted by Crippen LogP contribution is 2.26. The largest absolute Gasteiger partial charge is 0.507 e. The summed E-state index contributed by atoms with van der Waals surface area (Å²) in [5, 5.41) is 27.2. The number of amides is 1. The predicted molar refractivity (Wildman–Crippen MR) is 78.8 cm³/mol. The van der Waals surface area contributed by atoms with E-state index in [1.54, 1.807) is 12.4 Å². The summed E-state index contributed by atoms with van der Waals surface area (Å²) in [5.74, 6) is -2.22. The highest BCUT2D eigenvalue weighted by molar-refractivity contribution is 6.08. The highest BCUT2D eigenvalue weighted by Gasteiger charge is 2.18. The van der Waals surface area contributed by atoms with Crippen LogP contribution in [0.3, 0.4) is 0 Å². The molecule has 0 atom stereocenters. The van der Waals surface area contributed by atoms with Crippen molar-refractivity contribution in [2.45, 2.75) is 0 Å². The molecule has 2 aromatic heterocycles. The standard InChI is InChI=1S/C14H11N5O4/c20-10-2-1-8-13(12(10)14(23)16-6-11(21)22)15-5-9(19-8)7-3-17-18-4-7/h1-5,20H,6H2,(H,16,23)(H,17,18)(H,21,22). The number of carbonyl (C=O) groups excluding carboxylic acids is 1. The van der Waals surface area contributed by atoms with Crippen molar-refractivity contribution in [1.82, 2.24) is 25.5 Å². The molecule has 4 N–H and O–H groups in total. The van der Waals surface area contributed by atoms with Crippen LogP contribution in [-0.4, -0.2) is 48.8 Å². The van der Waals surface area contributed by atoms with Crippen LogP contribution in [0, 0.1) is 0 Å². The maximum absolute atomic E-state index is 12.1. The van der Waals surface area contributed by atoms with E-state index in [1.807, 2.05) is 0 Å². The SMILES string of the molecule is O=C(O)CNC(=O)c1c(O)ccc2nc(-c3cn[nH]c3)cnc12. The van der Waals surface area contributed by atoms with Crippen LogP contribution in [0.4, 0.5) is 0 Å². The number of aromatic amines is 1. The Bertz CT molecular complexity index is 892. The Morgan fingerprint density at radius 3 is 2.78 bits per heavy atom. The van der Waals surface area contributed by atoms with Crippen LogP contribution in [0.15, 0.2) is 30.7 Å². The fourth-order valence-electron chi connectivity index (χ4n) is 2.07. The summed E-state index contributed by atoms with van der Waals surface area (Å²) < 4.78 is 0. The molecule has 0 radical (unpaired) electrons. The van der Waals surface area contributed by atoms with Crippen LogP contribution < -0.4 is 5.32 Å². The second-order valence-electron chi connectivity index (χ2n) is 4.65. The summed E-state index contributed by atoms with van der Waals surface area (Å²) in [4.78, 5) is 31.2. The third-order valence-corrected chi connectivity index (χ3v) is 3.11. The lowest BCUT2D eigenvalue weighted by atomic mass is 10.1. The number of aromatic hydroxyl groups is 1. The average molecular weight is 313 g/mol. The van der Waals surface area contributed by atoms with Crippen molar-refractivity contribution in [2.75, 3.05) is 6.54 Å². The zero-order valence-electron chi connectivity index (χ0n) is 11.6. The molecular weight excluding hydrogens is 302 g/mol.